The zero-order chi connectivity index (χ0) is 13.2. The fourth-order valence-corrected chi connectivity index (χ4v) is 2.33. The van der Waals surface area contributed by atoms with Crippen LogP contribution < -0.4 is 0 Å². The molecule has 0 atom stereocenters. The minimum atomic E-state index is -0.111. The number of ether oxygens (including phenoxy) is 1. The van der Waals surface area contributed by atoms with Crippen molar-refractivity contribution >= 4 is 11.3 Å². The predicted molar refractivity (Wildman–Crippen MR) is 72.5 cm³/mol. The summed E-state index contributed by atoms with van der Waals surface area (Å²) in [6.45, 7) is 2.58. The highest BCUT2D eigenvalue weighted by Gasteiger charge is 2.05. The van der Waals surface area contributed by atoms with E-state index in [1.807, 2.05) is 18.5 Å². The highest BCUT2D eigenvalue weighted by molar-refractivity contribution is 7.10. The molecule has 0 aliphatic rings. The van der Waals surface area contributed by atoms with E-state index in [2.05, 4.69) is 16.7 Å². The first kappa shape index (κ1) is 15.2. The Kier molecular flexibility index (Phi) is 7.65. The SMILES string of the molecule is CN(CCOCCO)Cc1sccc1C#CCO. The molecule has 1 aromatic heterocycles. The Bertz CT molecular complexity index is 394. The molecular weight excluding hydrogens is 250 g/mol. The summed E-state index contributed by atoms with van der Waals surface area (Å²) >= 11 is 1.67. The third-order valence-corrected chi connectivity index (χ3v) is 3.22. The zero-order valence-electron chi connectivity index (χ0n) is 10.6. The van der Waals surface area contributed by atoms with Crippen LogP contribution in [-0.4, -0.2) is 55.1 Å². The lowest BCUT2D eigenvalue weighted by Gasteiger charge is -2.15. The van der Waals surface area contributed by atoms with Crippen molar-refractivity contribution in [2.45, 2.75) is 6.54 Å². The van der Waals surface area contributed by atoms with Gasteiger partial charge in [-0.15, -0.1) is 11.3 Å². The molecule has 0 fully saturated rings. The molecule has 0 spiro atoms. The summed E-state index contributed by atoms with van der Waals surface area (Å²) in [5.41, 5.74) is 0.983. The summed E-state index contributed by atoms with van der Waals surface area (Å²) in [5.74, 6) is 5.61. The number of nitrogens with zero attached hydrogens (tertiary/aromatic N) is 1. The van der Waals surface area contributed by atoms with Gasteiger partial charge in [-0.2, -0.15) is 0 Å². The molecule has 0 aromatic carbocycles. The van der Waals surface area contributed by atoms with Gasteiger partial charge in [0.1, 0.15) is 6.61 Å². The summed E-state index contributed by atoms with van der Waals surface area (Å²) in [5, 5.41) is 19.3. The van der Waals surface area contributed by atoms with Crippen molar-refractivity contribution in [2.24, 2.45) is 0 Å². The van der Waals surface area contributed by atoms with Gasteiger partial charge >= 0.3 is 0 Å². The highest BCUT2D eigenvalue weighted by Crippen LogP contribution is 2.17. The maximum Gasteiger partial charge on any atom is 0.104 e. The second kappa shape index (κ2) is 9.09. The molecule has 1 heterocycles. The van der Waals surface area contributed by atoms with Crippen LogP contribution in [0.2, 0.25) is 0 Å². The van der Waals surface area contributed by atoms with Gasteiger partial charge in [-0.05, 0) is 18.5 Å². The average Bonchev–Trinajstić information content (AvgIpc) is 2.79. The number of hydrogen-bond donors (Lipinski definition) is 2. The van der Waals surface area contributed by atoms with Crippen LogP contribution in [0.5, 0.6) is 0 Å². The van der Waals surface area contributed by atoms with Gasteiger partial charge in [0.15, 0.2) is 0 Å². The Morgan fingerprint density at radius 2 is 2.22 bits per heavy atom. The largest absolute Gasteiger partial charge is 0.394 e. The summed E-state index contributed by atoms with van der Waals surface area (Å²) in [4.78, 5) is 3.34. The quantitative estimate of drug-likeness (QED) is 0.560. The summed E-state index contributed by atoms with van der Waals surface area (Å²) in [7, 11) is 2.02. The Balaban J connectivity index is 2.39. The topological polar surface area (TPSA) is 52.9 Å². The maximum atomic E-state index is 8.69. The first-order valence-corrected chi connectivity index (χ1v) is 6.69. The Morgan fingerprint density at radius 3 is 2.94 bits per heavy atom. The lowest BCUT2D eigenvalue weighted by Crippen LogP contribution is -2.23. The van der Waals surface area contributed by atoms with Crippen LogP contribution in [0.3, 0.4) is 0 Å². The third-order valence-electron chi connectivity index (χ3n) is 2.31. The van der Waals surface area contributed by atoms with E-state index in [1.54, 1.807) is 11.3 Å². The van der Waals surface area contributed by atoms with Crippen molar-refractivity contribution in [3.8, 4) is 11.8 Å². The van der Waals surface area contributed by atoms with E-state index in [4.69, 9.17) is 14.9 Å². The van der Waals surface area contributed by atoms with E-state index in [-0.39, 0.29) is 13.2 Å². The normalized spacial score (nSPS) is 10.4. The number of rotatable bonds is 7. The molecule has 0 radical (unpaired) electrons. The van der Waals surface area contributed by atoms with Crippen LogP contribution in [-0.2, 0) is 11.3 Å². The van der Waals surface area contributed by atoms with E-state index in [0.717, 1.165) is 18.7 Å². The van der Waals surface area contributed by atoms with Crippen LogP contribution in [0.15, 0.2) is 11.4 Å². The van der Waals surface area contributed by atoms with Crippen LogP contribution in [0, 0.1) is 11.8 Å². The molecule has 2 N–H and O–H groups in total. The van der Waals surface area contributed by atoms with Crippen molar-refractivity contribution in [2.75, 3.05) is 40.0 Å². The van der Waals surface area contributed by atoms with E-state index < -0.39 is 0 Å². The van der Waals surface area contributed by atoms with Gasteiger partial charge < -0.3 is 14.9 Å². The molecule has 1 rings (SSSR count). The van der Waals surface area contributed by atoms with Crippen molar-refractivity contribution in [1.82, 2.24) is 4.90 Å². The fourth-order valence-electron chi connectivity index (χ4n) is 1.42. The van der Waals surface area contributed by atoms with Gasteiger partial charge in [0.25, 0.3) is 0 Å². The highest BCUT2D eigenvalue weighted by atomic mass is 32.1. The van der Waals surface area contributed by atoms with Crippen molar-refractivity contribution in [3.63, 3.8) is 0 Å². The Labute approximate surface area is 112 Å². The van der Waals surface area contributed by atoms with Crippen molar-refractivity contribution in [3.05, 3.63) is 21.9 Å². The van der Waals surface area contributed by atoms with E-state index >= 15 is 0 Å². The summed E-state index contributed by atoms with van der Waals surface area (Å²) in [6, 6.07) is 1.97. The summed E-state index contributed by atoms with van der Waals surface area (Å²) < 4.78 is 5.22. The smallest absolute Gasteiger partial charge is 0.104 e. The molecule has 0 saturated carbocycles. The molecule has 0 aliphatic heterocycles. The lowest BCUT2D eigenvalue weighted by atomic mass is 10.2. The van der Waals surface area contributed by atoms with Crippen LogP contribution in [0.1, 0.15) is 10.4 Å². The van der Waals surface area contributed by atoms with Crippen LogP contribution in [0.4, 0.5) is 0 Å². The first-order valence-electron chi connectivity index (χ1n) is 5.81. The second-order valence-corrected chi connectivity index (χ2v) is 4.79. The van der Waals surface area contributed by atoms with E-state index in [0.29, 0.717) is 13.2 Å². The van der Waals surface area contributed by atoms with Crippen LogP contribution in [0.25, 0.3) is 0 Å². The summed E-state index contributed by atoms with van der Waals surface area (Å²) in [6.07, 6.45) is 0. The number of likely N-dealkylation sites (N-methyl/N-ethyl adjacent to an activating group) is 1. The number of aliphatic hydroxyl groups is 2. The molecule has 0 amide bonds. The zero-order valence-corrected chi connectivity index (χ0v) is 11.4. The van der Waals surface area contributed by atoms with E-state index in [9.17, 15) is 0 Å². The molecule has 0 aliphatic carbocycles. The fraction of sp³-hybridized carbons (Fsp3) is 0.538. The molecule has 0 bridgehead atoms. The monoisotopic (exact) mass is 269 g/mol. The number of thiophene rings is 1. The second-order valence-electron chi connectivity index (χ2n) is 3.79. The number of aliphatic hydroxyl groups excluding tert-OH is 2. The van der Waals surface area contributed by atoms with Gasteiger partial charge in [-0.25, -0.2) is 0 Å². The first-order chi connectivity index (χ1) is 8.77. The molecule has 5 heteroatoms. The van der Waals surface area contributed by atoms with Crippen molar-refractivity contribution < 1.29 is 14.9 Å². The minimum Gasteiger partial charge on any atom is -0.394 e. The van der Waals surface area contributed by atoms with Gasteiger partial charge in [0.2, 0.25) is 0 Å². The molecule has 0 unspecified atom stereocenters. The Morgan fingerprint density at radius 1 is 1.39 bits per heavy atom. The molecular formula is C13H19NO3S. The van der Waals surface area contributed by atoms with Crippen LogP contribution >= 0.6 is 11.3 Å². The molecule has 100 valence electrons. The molecule has 0 saturated heterocycles. The van der Waals surface area contributed by atoms with Gasteiger partial charge in [0.05, 0.1) is 19.8 Å². The minimum absolute atomic E-state index is 0.0650. The third kappa shape index (κ3) is 5.63. The number of hydrogen-bond acceptors (Lipinski definition) is 5. The standard InChI is InChI=1S/C13H19NO3S/c1-14(5-8-17-9-7-16)11-13-12(3-2-6-15)4-10-18-13/h4,10,15-16H,5-9,11H2,1H3. The molecule has 18 heavy (non-hydrogen) atoms. The van der Waals surface area contributed by atoms with Gasteiger partial charge in [0, 0.05) is 23.5 Å². The van der Waals surface area contributed by atoms with E-state index in [1.165, 1.54) is 4.88 Å². The predicted octanol–water partition coefficient (Wildman–Crippen LogP) is 0.533. The Hall–Kier alpha value is -0.900. The average molecular weight is 269 g/mol. The maximum absolute atomic E-state index is 8.69. The van der Waals surface area contributed by atoms with Gasteiger partial charge in [-0.3, -0.25) is 4.90 Å². The lowest BCUT2D eigenvalue weighted by molar-refractivity contribution is 0.0774. The van der Waals surface area contributed by atoms with Crippen molar-refractivity contribution in [1.29, 1.82) is 0 Å². The molecule has 4 nitrogen and oxygen atoms in total. The molecule has 1 aromatic rings. The van der Waals surface area contributed by atoms with Gasteiger partial charge in [-0.1, -0.05) is 11.8 Å².